The number of benzene rings is 1. The van der Waals surface area contributed by atoms with Crippen LogP contribution >= 0.6 is 0 Å². The van der Waals surface area contributed by atoms with E-state index in [9.17, 15) is 56.7 Å². The molecule has 0 radical (unpaired) electrons. The average molecular weight is 837 g/mol. The van der Waals surface area contributed by atoms with E-state index in [-0.39, 0.29) is 43.5 Å². The maximum Gasteiger partial charge on any atom is 0.294 e. The molecule has 3 rings (SSSR count). The molecule has 0 saturated carbocycles. The first kappa shape index (κ1) is 45.3. The van der Waals surface area contributed by atoms with Gasteiger partial charge in [0.05, 0.1) is 27.6 Å². The molecule has 54 heavy (non-hydrogen) atoms. The molecule has 0 aliphatic carbocycles. The van der Waals surface area contributed by atoms with E-state index in [2.05, 4.69) is 5.10 Å². The Morgan fingerprint density at radius 3 is 1.93 bits per heavy atom. The molecule has 0 spiro atoms. The van der Waals surface area contributed by atoms with Gasteiger partial charge in [-0.05, 0) is 83.9 Å². The number of nitrogens with zero attached hydrogens (tertiary/aromatic N) is 3. The smallest absolute Gasteiger partial charge is 0.294 e. The van der Waals surface area contributed by atoms with E-state index in [0.717, 1.165) is 12.7 Å². The average Bonchev–Trinajstić information content (AvgIpc) is 3.40. The Kier molecular flexibility index (Phi) is 15.3. The van der Waals surface area contributed by atoms with Gasteiger partial charge in [-0.3, -0.25) is 23.2 Å². The Morgan fingerprint density at radius 1 is 0.759 bits per heavy atom. The summed E-state index contributed by atoms with van der Waals surface area (Å²) < 4.78 is 133. The minimum absolute atomic E-state index is 0.0280. The van der Waals surface area contributed by atoms with Gasteiger partial charge in [-0.25, -0.2) is 0 Å². The van der Waals surface area contributed by atoms with Gasteiger partial charge in [0.15, 0.2) is 5.71 Å². The van der Waals surface area contributed by atoms with Gasteiger partial charge in [0.25, 0.3) is 40.5 Å². The summed E-state index contributed by atoms with van der Waals surface area (Å²) in [6.45, 7) is 6.03. The van der Waals surface area contributed by atoms with E-state index >= 15 is 0 Å². The van der Waals surface area contributed by atoms with Crippen molar-refractivity contribution in [2.45, 2.75) is 88.9 Å². The van der Waals surface area contributed by atoms with Crippen molar-refractivity contribution in [1.29, 1.82) is 0 Å². The Balaban J connectivity index is 2.06. The minimum Gasteiger partial charge on any atom is -0.303 e. The molecule has 2 heterocycles. The molecule has 20 heteroatoms. The van der Waals surface area contributed by atoms with Crippen molar-refractivity contribution in [3.63, 3.8) is 0 Å². The summed E-state index contributed by atoms with van der Waals surface area (Å²) in [7, 11) is -17.3. The number of hydrogen-bond donors (Lipinski definition) is 4. The molecule has 0 fully saturated rings. The highest BCUT2D eigenvalue weighted by molar-refractivity contribution is 7.86. The molecule has 1 aromatic carbocycles. The van der Waals surface area contributed by atoms with Gasteiger partial charge in [0, 0.05) is 53.9 Å². The lowest BCUT2D eigenvalue weighted by Gasteiger charge is -2.29. The number of fused-ring (bicyclic) bond motifs is 1. The van der Waals surface area contributed by atoms with Crippen LogP contribution in [0.1, 0.15) is 84.1 Å². The van der Waals surface area contributed by atoms with E-state index < -0.39 is 68.6 Å². The lowest BCUT2D eigenvalue weighted by molar-refractivity contribution is -0.438. The van der Waals surface area contributed by atoms with Crippen molar-refractivity contribution in [3.8, 4) is 0 Å². The third-order valence-electron chi connectivity index (χ3n) is 9.78. The molecule has 16 nitrogen and oxygen atoms in total. The summed E-state index contributed by atoms with van der Waals surface area (Å²) in [5, 5.41) is 6.17. The van der Waals surface area contributed by atoms with Gasteiger partial charge in [-0.2, -0.15) is 43.3 Å². The van der Waals surface area contributed by atoms with Crippen LogP contribution in [0.2, 0.25) is 0 Å². The number of hydrazone groups is 1. The Bertz CT molecular complexity index is 2160. The molecule has 2 atom stereocenters. The van der Waals surface area contributed by atoms with Crippen molar-refractivity contribution in [2.75, 3.05) is 30.3 Å². The van der Waals surface area contributed by atoms with Crippen molar-refractivity contribution in [2.24, 2.45) is 10.5 Å². The fourth-order valence-corrected chi connectivity index (χ4v) is 8.92. The summed E-state index contributed by atoms with van der Waals surface area (Å²) >= 11 is 0. The predicted octanol–water partition coefficient (Wildman–Crippen LogP) is 4.36. The lowest BCUT2D eigenvalue weighted by atomic mass is 9.76. The second kappa shape index (κ2) is 18.2. The normalized spacial score (nSPS) is 21.9. The number of carbonyl (C=O) groups excluding carboxylic acids is 1. The molecule has 1 aromatic rings. The molecule has 0 amide bonds. The van der Waals surface area contributed by atoms with Crippen molar-refractivity contribution in [1.82, 2.24) is 5.01 Å². The Labute approximate surface area is 318 Å². The number of unbranched alkanes of at least 4 members (excludes halogenated alkanes) is 3. The van der Waals surface area contributed by atoms with Crippen LogP contribution in [0.15, 0.2) is 64.3 Å². The summed E-state index contributed by atoms with van der Waals surface area (Å²) in [4.78, 5) is 10.5. The molecule has 2 unspecified atom stereocenters. The van der Waals surface area contributed by atoms with Gasteiger partial charge < -0.3 is 4.79 Å². The largest absolute Gasteiger partial charge is 0.303 e. The highest BCUT2D eigenvalue weighted by atomic mass is 32.2. The minimum atomic E-state index is -4.59. The number of hydrogen-bond acceptors (Lipinski definition) is 11. The van der Waals surface area contributed by atoms with E-state index in [4.69, 9.17) is 0 Å². The SMILES string of the molecule is CC1=NN(CCCS(=O)(=O)O)\C(=C/C=C/C=C/C2=[N+](CCCCCC=O)c3ccc(S(=O)(=O)O)cc3C2(C)CCCS(=O)(=O)O)C1(C)CCCS(=O)(=O)O. The molecular weight excluding hydrogens is 787 g/mol. The van der Waals surface area contributed by atoms with Gasteiger partial charge in [0.1, 0.15) is 12.8 Å². The third kappa shape index (κ3) is 12.7. The molecule has 302 valence electrons. The van der Waals surface area contributed by atoms with Crippen molar-refractivity contribution < 1.29 is 61.3 Å². The Morgan fingerprint density at radius 2 is 1.35 bits per heavy atom. The molecule has 0 saturated heterocycles. The van der Waals surface area contributed by atoms with E-state index in [1.54, 1.807) is 48.4 Å². The number of aldehydes is 1. The van der Waals surface area contributed by atoms with Gasteiger partial charge >= 0.3 is 0 Å². The maximum absolute atomic E-state index is 12.1. The second-order valence-corrected chi connectivity index (χ2v) is 20.0. The predicted molar refractivity (Wildman–Crippen MR) is 205 cm³/mol. The first-order chi connectivity index (χ1) is 24.9. The second-order valence-electron chi connectivity index (χ2n) is 13.9. The van der Waals surface area contributed by atoms with Crippen LogP contribution in [0.25, 0.3) is 0 Å². The zero-order valence-electron chi connectivity index (χ0n) is 30.5. The lowest BCUT2D eigenvalue weighted by Crippen LogP contribution is -2.32. The first-order valence-electron chi connectivity index (χ1n) is 17.4. The van der Waals surface area contributed by atoms with Crippen LogP contribution in [-0.2, 0) is 50.7 Å². The van der Waals surface area contributed by atoms with Crippen LogP contribution < -0.4 is 0 Å². The molecule has 4 N–H and O–H groups in total. The summed E-state index contributed by atoms with van der Waals surface area (Å²) in [5.41, 5.74) is 1.38. The van der Waals surface area contributed by atoms with Crippen molar-refractivity contribution >= 4 is 63.9 Å². The van der Waals surface area contributed by atoms with E-state index in [1.807, 2.05) is 18.4 Å². The molecule has 2 aliphatic heterocycles. The van der Waals surface area contributed by atoms with Gasteiger partial charge in [-0.15, -0.1) is 0 Å². The van der Waals surface area contributed by atoms with E-state index in [0.29, 0.717) is 54.2 Å². The first-order valence-corrected chi connectivity index (χ1v) is 23.6. The summed E-state index contributed by atoms with van der Waals surface area (Å²) in [6.07, 6.45) is 12.6. The standard InChI is InChI=1S/C34H49N3O13S4/c1-27-33(2,18-11-23-51(39,40)41)32(37(35-27)21-13-25-53(45,46)47)15-8-6-7-14-31-34(3,19-12-24-52(42,43)44)29-26-28(54(48,49)50)16-17-30(29)36(31)20-9-4-5-10-22-38/h6-8,14-17,22,26H,4-5,9-13,18-21,23-25H2,1-3H3,(H3-,39,40,41,42,43,44,45,46,47,48,49,50)/p+1. The van der Waals surface area contributed by atoms with Gasteiger partial charge in [-0.1, -0.05) is 18.2 Å². The highest BCUT2D eigenvalue weighted by Gasteiger charge is 2.48. The van der Waals surface area contributed by atoms with Crippen LogP contribution in [-0.4, -0.2) is 110 Å². The maximum atomic E-state index is 12.1. The fraction of sp³-hybridized carbons (Fsp3) is 0.559. The zero-order valence-corrected chi connectivity index (χ0v) is 33.8. The van der Waals surface area contributed by atoms with Crippen LogP contribution in [0.5, 0.6) is 0 Å². The monoisotopic (exact) mass is 836 g/mol. The number of rotatable bonds is 22. The summed E-state index contributed by atoms with van der Waals surface area (Å²) in [5.74, 6) is -1.49. The Hall–Kier alpha value is -3.11. The molecule has 0 aromatic heterocycles. The van der Waals surface area contributed by atoms with E-state index in [1.165, 1.54) is 12.1 Å². The number of allylic oxidation sites excluding steroid dienone is 6. The molecule has 2 aliphatic rings. The molecule has 0 bridgehead atoms. The molecular formula is C34H50N3O13S4+. The fourth-order valence-electron chi connectivity index (χ4n) is 6.91. The topological polar surface area (TPSA) is 253 Å². The quantitative estimate of drug-likeness (QED) is 0.0417. The summed E-state index contributed by atoms with van der Waals surface area (Å²) in [6, 6.07) is 4.22. The van der Waals surface area contributed by atoms with Gasteiger partial charge in [0.2, 0.25) is 5.69 Å². The van der Waals surface area contributed by atoms with Crippen LogP contribution in [0.4, 0.5) is 5.69 Å². The number of carbonyl (C=O) groups is 1. The van der Waals surface area contributed by atoms with Crippen molar-refractivity contribution in [3.05, 3.63) is 59.8 Å². The van der Waals surface area contributed by atoms with Crippen LogP contribution in [0, 0.1) is 5.41 Å². The van der Waals surface area contributed by atoms with Crippen LogP contribution in [0.3, 0.4) is 0 Å². The zero-order chi connectivity index (χ0) is 40.6. The third-order valence-corrected chi connectivity index (χ3v) is 13.0. The highest BCUT2D eigenvalue weighted by Crippen LogP contribution is 2.45.